The summed E-state index contributed by atoms with van der Waals surface area (Å²) in [5.74, 6) is -2.46. The van der Waals surface area contributed by atoms with Crippen molar-refractivity contribution in [2.75, 3.05) is 6.61 Å². The lowest BCUT2D eigenvalue weighted by Crippen LogP contribution is -2.38. The van der Waals surface area contributed by atoms with Crippen LogP contribution in [0, 0.1) is 11.3 Å². The number of carbonyl (C=O) groups excluding carboxylic acids is 1. The lowest BCUT2D eigenvalue weighted by atomic mass is 9.82. The van der Waals surface area contributed by atoms with Gasteiger partial charge in [0.2, 0.25) is 5.92 Å². The SMILES string of the molecule is CC(=O)c1cn2c(cc1=O)-c1c3cccc(OCC4CC(F)(F)C4)c3nn1CC2C(C)(C)C. The summed E-state index contributed by atoms with van der Waals surface area (Å²) in [4.78, 5) is 24.8. The second-order valence-electron chi connectivity index (χ2n) is 10.4. The second-order valence-corrected chi connectivity index (χ2v) is 10.4. The molecule has 2 aromatic heterocycles. The molecule has 1 unspecified atom stereocenters. The van der Waals surface area contributed by atoms with Crippen LogP contribution < -0.4 is 10.2 Å². The minimum Gasteiger partial charge on any atom is -0.491 e. The number of aromatic nitrogens is 3. The Kier molecular flexibility index (Phi) is 4.78. The molecule has 5 rings (SSSR count). The van der Waals surface area contributed by atoms with E-state index >= 15 is 0 Å². The summed E-state index contributed by atoms with van der Waals surface area (Å²) in [5.41, 5.74) is 1.83. The van der Waals surface area contributed by atoms with E-state index in [4.69, 9.17) is 9.84 Å². The first-order valence-electron chi connectivity index (χ1n) is 11.2. The molecule has 8 heteroatoms. The predicted molar refractivity (Wildman–Crippen MR) is 121 cm³/mol. The van der Waals surface area contributed by atoms with E-state index in [1.165, 1.54) is 13.0 Å². The standard InChI is InChI=1S/C25H27F2N3O3/c1-14(31)17-11-29-18(8-19(17)32)23-16-6-5-7-20(33-13-15-9-25(26,27)10-15)22(16)28-30(23)12-21(29)24(2,3)4/h5-8,11,15,21H,9-10,12-13H2,1-4H3. The third-order valence-corrected chi connectivity index (χ3v) is 6.76. The summed E-state index contributed by atoms with van der Waals surface area (Å²) >= 11 is 0. The Morgan fingerprint density at radius 1 is 1.27 bits per heavy atom. The van der Waals surface area contributed by atoms with Gasteiger partial charge < -0.3 is 9.30 Å². The molecule has 0 bridgehead atoms. The summed E-state index contributed by atoms with van der Waals surface area (Å²) in [6.07, 6.45) is 1.38. The number of hydrogen-bond donors (Lipinski definition) is 0. The van der Waals surface area contributed by atoms with Gasteiger partial charge in [-0.3, -0.25) is 14.3 Å². The number of Topliss-reactive ketones (excluding diaryl/α,β-unsaturated/α-hetero) is 1. The first-order chi connectivity index (χ1) is 15.4. The number of hydrogen-bond acceptors (Lipinski definition) is 4. The Morgan fingerprint density at radius 2 is 2.00 bits per heavy atom. The molecule has 1 aliphatic heterocycles. The van der Waals surface area contributed by atoms with Gasteiger partial charge in [0.05, 0.1) is 36.1 Å². The van der Waals surface area contributed by atoms with Gasteiger partial charge in [-0.05, 0) is 18.4 Å². The maximum atomic E-state index is 13.2. The van der Waals surface area contributed by atoms with E-state index in [1.54, 1.807) is 12.3 Å². The third kappa shape index (κ3) is 3.65. The topological polar surface area (TPSA) is 66.1 Å². The van der Waals surface area contributed by atoms with Crippen LogP contribution in [0.4, 0.5) is 8.78 Å². The third-order valence-electron chi connectivity index (χ3n) is 6.76. The first-order valence-corrected chi connectivity index (χ1v) is 11.2. The zero-order chi connectivity index (χ0) is 23.7. The molecule has 3 heterocycles. The predicted octanol–water partition coefficient (Wildman–Crippen LogP) is 5.09. The smallest absolute Gasteiger partial charge is 0.248 e. The highest BCUT2D eigenvalue weighted by Crippen LogP contribution is 2.44. The van der Waals surface area contributed by atoms with Crippen LogP contribution in [0.3, 0.4) is 0 Å². The van der Waals surface area contributed by atoms with Gasteiger partial charge in [0.1, 0.15) is 11.3 Å². The molecule has 1 aromatic carbocycles. The summed E-state index contributed by atoms with van der Waals surface area (Å²) in [5, 5.41) is 5.64. The fraction of sp³-hybridized carbons (Fsp3) is 0.480. The van der Waals surface area contributed by atoms with Crippen molar-refractivity contribution >= 4 is 16.7 Å². The number of ether oxygens (including phenoxy) is 1. The van der Waals surface area contributed by atoms with Crippen LogP contribution in [-0.4, -0.2) is 32.7 Å². The molecule has 0 N–H and O–H groups in total. The fourth-order valence-electron chi connectivity index (χ4n) is 4.96. The van der Waals surface area contributed by atoms with E-state index in [-0.39, 0.29) is 53.6 Å². The summed E-state index contributed by atoms with van der Waals surface area (Å²) in [6, 6.07) is 7.05. The van der Waals surface area contributed by atoms with Crippen LogP contribution in [0.25, 0.3) is 22.3 Å². The number of benzene rings is 1. The largest absolute Gasteiger partial charge is 0.491 e. The van der Waals surface area contributed by atoms with Crippen LogP contribution in [0.5, 0.6) is 5.75 Å². The Labute approximate surface area is 190 Å². The van der Waals surface area contributed by atoms with E-state index in [2.05, 4.69) is 20.8 Å². The molecule has 1 saturated carbocycles. The number of nitrogens with zero attached hydrogens (tertiary/aromatic N) is 3. The van der Waals surface area contributed by atoms with Crippen molar-refractivity contribution in [2.24, 2.45) is 11.3 Å². The molecule has 0 spiro atoms. The highest BCUT2D eigenvalue weighted by Gasteiger charge is 2.45. The normalized spacial score (nSPS) is 19.6. The van der Waals surface area contributed by atoms with E-state index in [1.807, 2.05) is 21.4 Å². The molecule has 0 saturated heterocycles. The van der Waals surface area contributed by atoms with E-state index in [0.717, 1.165) is 11.1 Å². The Hall–Kier alpha value is -3.03. The highest BCUT2D eigenvalue weighted by atomic mass is 19.3. The fourth-order valence-corrected chi connectivity index (χ4v) is 4.96. The lowest BCUT2D eigenvalue weighted by molar-refractivity contribution is -0.118. The van der Waals surface area contributed by atoms with Gasteiger partial charge in [0.15, 0.2) is 11.2 Å². The lowest BCUT2D eigenvalue weighted by Gasteiger charge is -2.38. The van der Waals surface area contributed by atoms with Gasteiger partial charge in [-0.1, -0.05) is 32.9 Å². The van der Waals surface area contributed by atoms with Crippen LogP contribution in [0.15, 0.2) is 35.3 Å². The number of fused-ring (bicyclic) bond motifs is 5. The van der Waals surface area contributed by atoms with E-state index in [0.29, 0.717) is 23.5 Å². The molecule has 33 heavy (non-hydrogen) atoms. The molecule has 174 valence electrons. The first kappa shape index (κ1) is 21.8. The van der Waals surface area contributed by atoms with Crippen molar-refractivity contribution in [3.8, 4) is 17.1 Å². The number of pyridine rings is 1. The molecule has 1 fully saturated rings. The Morgan fingerprint density at radius 3 is 2.64 bits per heavy atom. The van der Waals surface area contributed by atoms with Crippen LogP contribution in [0.1, 0.15) is 56.9 Å². The molecular weight excluding hydrogens is 428 g/mol. The van der Waals surface area contributed by atoms with Gasteiger partial charge >= 0.3 is 0 Å². The average molecular weight is 456 g/mol. The summed E-state index contributed by atoms with van der Waals surface area (Å²) < 4.78 is 36.2. The molecule has 6 nitrogen and oxygen atoms in total. The monoisotopic (exact) mass is 455 g/mol. The number of halogens is 2. The summed E-state index contributed by atoms with van der Waals surface area (Å²) in [7, 11) is 0. The van der Waals surface area contributed by atoms with Crippen molar-refractivity contribution in [3.63, 3.8) is 0 Å². The summed E-state index contributed by atoms with van der Waals surface area (Å²) in [6.45, 7) is 8.53. The van der Waals surface area contributed by atoms with Crippen molar-refractivity contribution in [2.45, 2.75) is 59.0 Å². The minimum atomic E-state index is -2.58. The van der Waals surface area contributed by atoms with Gasteiger partial charge in [0.25, 0.3) is 0 Å². The molecule has 2 aliphatic rings. The zero-order valence-corrected chi connectivity index (χ0v) is 19.2. The molecule has 3 aromatic rings. The van der Waals surface area contributed by atoms with Crippen molar-refractivity contribution in [1.82, 2.24) is 14.3 Å². The van der Waals surface area contributed by atoms with E-state index < -0.39 is 5.92 Å². The number of ketones is 1. The van der Waals surface area contributed by atoms with Crippen molar-refractivity contribution in [1.29, 1.82) is 0 Å². The van der Waals surface area contributed by atoms with Gasteiger partial charge in [-0.2, -0.15) is 5.10 Å². The Bertz CT molecular complexity index is 1330. The highest BCUT2D eigenvalue weighted by molar-refractivity contribution is 5.97. The van der Waals surface area contributed by atoms with Crippen molar-refractivity contribution < 1.29 is 18.3 Å². The molecule has 1 aliphatic carbocycles. The van der Waals surface area contributed by atoms with Crippen LogP contribution >= 0.6 is 0 Å². The maximum absolute atomic E-state index is 13.2. The molecule has 0 amide bonds. The molecular formula is C25H27F2N3O3. The number of alkyl halides is 2. The van der Waals surface area contributed by atoms with Gasteiger partial charge in [0, 0.05) is 36.4 Å². The number of carbonyl (C=O) groups is 1. The second kappa shape index (κ2) is 7.23. The van der Waals surface area contributed by atoms with Crippen LogP contribution in [-0.2, 0) is 6.54 Å². The molecule has 0 radical (unpaired) electrons. The van der Waals surface area contributed by atoms with Gasteiger partial charge in [-0.15, -0.1) is 0 Å². The molecule has 1 atom stereocenters. The van der Waals surface area contributed by atoms with Crippen LogP contribution in [0.2, 0.25) is 0 Å². The van der Waals surface area contributed by atoms with E-state index in [9.17, 15) is 18.4 Å². The van der Waals surface area contributed by atoms with Gasteiger partial charge in [-0.25, -0.2) is 8.78 Å². The number of rotatable bonds is 4. The maximum Gasteiger partial charge on any atom is 0.248 e. The average Bonchev–Trinajstić information content (AvgIpc) is 3.08. The quantitative estimate of drug-likeness (QED) is 0.514. The zero-order valence-electron chi connectivity index (χ0n) is 19.2. The minimum absolute atomic E-state index is 0.0328. The van der Waals surface area contributed by atoms with Crippen molar-refractivity contribution in [3.05, 3.63) is 46.2 Å². The Balaban J connectivity index is 1.61.